The van der Waals surface area contributed by atoms with Crippen molar-refractivity contribution < 1.29 is 9.53 Å². The molecule has 0 spiro atoms. The molecule has 1 aromatic heterocycles. The molecule has 31 heavy (non-hydrogen) atoms. The Morgan fingerprint density at radius 2 is 1.81 bits per heavy atom. The predicted molar refractivity (Wildman–Crippen MR) is 124 cm³/mol. The van der Waals surface area contributed by atoms with Gasteiger partial charge in [0.1, 0.15) is 17.6 Å². The number of nitrogens with one attached hydrogen (secondary N) is 1. The number of halogens is 1. The normalized spacial score (nSPS) is 15.4. The van der Waals surface area contributed by atoms with Crippen molar-refractivity contribution in [2.24, 2.45) is 0 Å². The number of hydrogen-bond acceptors (Lipinski definition) is 5. The summed E-state index contributed by atoms with van der Waals surface area (Å²) in [6.07, 6.45) is 1.66. The van der Waals surface area contributed by atoms with Crippen LogP contribution >= 0.6 is 11.6 Å². The topological polar surface area (TPSA) is 57.7 Å². The second-order valence-electron chi connectivity index (χ2n) is 7.39. The summed E-state index contributed by atoms with van der Waals surface area (Å²) in [5.74, 6) is 1.55. The summed E-state index contributed by atoms with van der Waals surface area (Å²) in [6, 6.07) is 20.7. The molecule has 1 unspecified atom stereocenters. The average molecular weight is 437 g/mol. The molecule has 1 saturated heterocycles. The lowest BCUT2D eigenvalue weighted by Crippen LogP contribution is -2.50. The smallest absolute Gasteiger partial charge is 0.246 e. The van der Waals surface area contributed by atoms with Gasteiger partial charge in [0.25, 0.3) is 0 Å². The summed E-state index contributed by atoms with van der Waals surface area (Å²) in [7, 11) is 1.61. The van der Waals surface area contributed by atoms with Crippen LogP contribution < -0.4 is 15.0 Å². The van der Waals surface area contributed by atoms with E-state index in [1.165, 1.54) is 0 Å². The molecule has 6 nitrogen and oxygen atoms in total. The lowest BCUT2D eigenvalue weighted by atomic mass is 10.0. The number of ether oxygens (including phenoxy) is 1. The van der Waals surface area contributed by atoms with Crippen LogP contribution in [0.25, 0.3) is 0 Å². The SMILES string of the molecule is COc1cccc(NC(=O)C(c2ccccc2)N2CCN(c3ccc(Cl)cn3)CC2)c1. The third kappa shape index (κ3) is 5.16. The largest absolute Gasteiger partial charge is 0.497 e. The minimum Gasteiger partial charge on any atom is -0.497 e. The standard InChI is InChI=1S/C24H25ClN4O2/c1-31-21-9-5-8-20(16-21)27-24(30)23(18-6-3-2-4-7-18)29-14-12-28(13-15-29)22-11-10-19(25)17-26-22/h2-11,16-17,23H,12-15H2,1H3,(H,27,30). The van der Waals surface area contributed by atoms with Gasteiger partial charge in [0.15, 0.2) is 0 Å². The molecule has 1 fully saturated rings. The summed E-state index contributed by atoms with van der Waals surface area (Å²) < 4.78 is 5.28. The molecule has 0 saturated carbocycles. The van der Waals surface area contributed by atoms with Crippen LogP contribution in [0, 0.1) is 0 Å². The van der Waals surface area contributed by atoms with Crippen molar-refractivity contribution in [2.75, 3.05) is 43.5 Å². The molecule has 1 aliphatic rings. The molecule has 1 aliphatic heterocycles. The van der Waals surface area contributed by atoms with E-state index in [2.05, 4.69) is 20.1 Å². The van der Waals surface area contributed by atoms with E-state index < -0.39 is 0 Å². The van der Waals surface area contributed by atoms with Gasteiger partial charge in [-0.05, 0) is 29.8 Å². The van der Waals surface area contributed by atoms with E-state index in [-0.39, 0.29) is 11.9 Å². The zero-order valence-corrected chi connectivity index (χ0v) is 18.1. The molecule has 7 heteroatoms. The molecular formula is C24H25ClN4O2. The molecule has 0 bridgehead atoms. The first-order valence-corrected chi connectivity index (χ1v) is 10.6. The number of benzene rings is 2. The quantitative estimate of drug-likeness (QED) is 0.626. The van der Waals surface area contributed by atoms with Gasteiger partial charge >= 0.3 is 0 Å². The fourth-order valence-electron chi connectivity index (χ4n) is 3.84. The predicted octanol–water partition coefficient (Wildman–Crippen LogP) is 4.25. The molecule has 1 atom stereocenters. The first-order valence-electron chi connectivity index (χ1n) is 10.2. The summed E-state index contributed by atoms with van der Waals surface area (Å²) in [5, 5.41) is 3.69. The zero-order valence-electron chi connectivity index (χ0n) is 17.4. The van der Waals surface area contributed by atoms with Gasteiger partial charge in [0.2, 0.25) is 5.91 Å². The van der Waals surface area contributed by atoms with Gasteiger partial charge in [0, 0.05) is 44.1 Å². The summed E-state index contributed by atoms with van der Waals surface area (Å²) in [6.45, 7) is 3.06. The van der Waals surface area contributed by atoms with Crippen LogP contribution in [0.2, 0.25) is 5.02 Å². The van der Waals surface area contributed by atoms with Gasteiger partial charge in [0.05, 0.1) is 12.1 Å². The minimum absolute atomic E-state index is 0.0579. The maximum atomic E-state index is 13.4. The van der Waals surface area contributed by atoms with Crippen LogP contribution in [-0.4, -0.2) is 49.1 Å². The van der Waals surface area contributed by atoms with E-state index in [4.69, 9.17) is 16.3 Å². The maximum absolute atomic E-state index is 13.4. The summed E-state index contributed by atoms with van der Waals surface area (Å²) >= 11 is 5.96. The van der Waals surface area contributed by atoms with E-state index in [0.717, 1.165) is 37.6 Å². The highest BCUT2D eigenvalue weighted by Crippen LogP contribution is 2.26. The van der Waals surface area contributed by atoms with Crippen molar-refractivity contribution in [2.45, 2.75) is 6.04 Å². The third-order valence-corrected chi connectivity index (χ3v) is 5.64. The Labute approximate surface area is 187 Å². The first-order chi connectivity index (χ1) is 15.1. The first kappa shape index (κ1) is 21.2. The molecule has 3 aromatic rings. The number of methoxy groups -OCH3 is 1. The molecule has 160 valence electrons. The van der Waals surface area contributed by atoms with Crippen LogP contribution in [0.5, 0.6) is 5.75 Å². The van der Waals surface area contributed by atoms with E-state index >= 15 is 0 Å². The number of carbonyl (C=O) groups is 1. The van der Waals surface area contributed by atoms with Gasteiger partial charge in [-0.3, -0.25) is 9.69 Å². The Kier molecular flexibility index (Phi) is 6.70. The summed E-state index contributed by atoms with van der Waals surface area (Å²) in [5.41, 5.74) is 1.69. The van der Waals surface area contributed by atoms with Crippen molar-refractivity contribution in [3.63, 3.8) is 0 Å². The fourth-order valence-corrected chi connectivity index (χ4v) is 3.95. The molecular weight excluding hydrogens is 412 g/mol. The Morgan fingerprint density at radius 1 is 1.03 bits per heavy atom. The van der Waals surface area contributed by atoms with Crippen molar-refractivity contribution in [1.29, 1.82) is 0 Å². The third-order valence-electron chi connectivity index (χ3n) is 5.42. The second kappa shape index (κ2) is 9.81. The zero-order chi connectivity index (χ0) is 21.6. The Morgan fingerprint density at radius 3 is 2.48 bits per heavy atom. The van der Waals surface area contributed by atoms with Crippen LogP contribution in [-0.2, 0) is 4.79 Å². The molecule has 2 heterocycles. The number of nitrogens with zero attached hydrogens (tertiary/aromatic N) is 3. The molecule has 1 amide bonds. The monoisotopic (exact) mass is 436 g/mol. The van der Waals surface area contributed by atoms with Crippen molar-refractivity contribution in [3.8, 4) is 5.75 Å². The lowest BCUT2D eigenvalue weighted by Gasteiger charge is -2.39. The van der Waals surface area contributed by atoms with E-state index in [9.17, 15) is 4.79 Å². The lowest BCUT2D eigenvalue weighted by molar-refractivity contribution is -0.121. The van der Waals surface area contributed by atoms with Gasteiger partial charge in [-0.25, -0.2) is 4.98 Å². The highest BCUT2D eigenvalue weighted by Gasteiger charge is 2.31. The van der Waals surface area contributed by atoms with E-state index in [1.54, 1.807) is 13.3 Å². The number of anilines is 2. The Bertz CT molecular complexity index is 1010. The van der Waals surface area contributed by atoms with Crippen LogP contribution in [0.1, 0.15) is 11.6 Å². The van der Waals surface area contributed by atoms with E-state index in [0.29, 0.717) is 16.5 Å². The number of rotatable bonds is 6. The van der Waals surface area contributed by atoms with Gasteiger partial charge in [-0.1, -0.05) is 48.0 Å². The van der Waals surface area contributed by atoms with Gasteiger partial charge in [-0.2, -0.15) is 0 Å². The molecule has 1 N–H and O–H groups in total. The number of pyridine rings is 1. The average Bonchev–Trinajstić information content (AvgIpc) is 2.81. The van der Waals surface area contributed by atoms with Crippen LogP contribution in [0.3, 0.4) is 0 Å². The van der Waals surface area contributed by atoms with Crippen LogP contribution in [0.15, 0.2) is 72.9 Å². The second-order valence-corrected chi connectivity index (χ2v) is 7.83. The summed E-state index contributed by atoms with van der Waals surface area (Å²) in [4.78, 5) is 22.2. The molecule has 4 rings (SSSR count). The van der Waals surface area contributed by atoms with Crippen molar-refractivity contribution in [1.82, 2.24) is 9.88 Å². The van der Waals surface area contributed by atoms with Crippen LogP contribution in [0.4, 0.5) is 11.5 Å². The van der Waals surface area contributed by atoms with E-state index in [1.807, 2.05) is 66.7 Å². The van der Waals surface area contributed by atoms with Gasteiger partial charge < -0.3 is 15.0 Å². The Hall–Kier alpha value is -3.09. The maximum Gasteiger partial charge on any atom is 0.246 e. The Balaban J connectivity index is 1.50. The molecule has 2 aromatic carbocycles. The van der Waals surface area contributed by atoms with Gasteiger partial charge in [-0.15, -0.1) is 0 Å². The number of piperazine rings is 1. The minimum atomic E-state index is -0.382. The number of aromatic nitrogens is 1. The molecule has 0 radical (unpaired) electrons. The highest BCUT2D eigenvalue weighted by atomic mass is 35.5. The number of hydrogen-bond donors (Lipinski definition) is 1. The number of amides is 1. The molecule has 0 aliphatic carbocycles. The van der Waals surface area contributed by atoms with Crippen molar-refractivity contribution >= 4 is 29.0 Å². The fraction of sp³-hybridized carbons (Fsp3) is 0.250. The van der Waals surface area contributed by atoms with Crippen molar-refractivity contribution in [3.05, 3.63) is 83.5 Å². The number of carbonyl (C=O) groups excluding carboxylic acids is 1. The highest BCUT2D eigenvalue weighted by molar-refractivity contribution is 6.30.